The lowest BCUT2D eigenvalue weighted by atomic mass is 9.87. The van der Waals surface area contributed by atoms with E-state index in [2.05, 4.69) is 29.4 Å². The number of aryl methyl sites for hydroxylation is 2. The van der Waals surface area contributed by atoms with Crippen LogP contribution in [0.2, 0.25) is 0 Å². The molecule has 1 saturated carbocycles. The van der Waals surface area contributed by atoms with Crippen molar-refractivity contribution in [1.82, 2.24) is 15.5 Å². The number of aromatic amines is 1. The van der Waals surface area contributed by atoms with E-state index in [9.17, 15) is 0 Å². The van der Waals surface area contributed by atoms with Gasteiger partial charge in [0.15, 0.2) is 0 Å². The highest BCUT2D eigenvalue weighted by Gasteiger charge is 2.17. The molecule has 0 bridgehead atoms. The fourth-order valence-electron chi connectivity index (χ4n) is 2.83. The molecule has 2 rings (SSSR count). The summed E-state index contributed by atoms with van der Waals surface area (Å²) in [6, 6.07) is 0.768. The van der Waals surface area contributed by atoms with Gasteiger partial charge in [-0.2, -0.15) is 5.10 Å². The third kappa shape index (κ3) is 3.84. The van der Waals surface area contributed by atoms with E-state index in [1.54, 1.807) is 0 Å². The van der Waals surface area contributed by atoms with E-state index in [4.69, 9.17) is 0 Å². The van der Waals surface area contributed by atoms with E-state index >= 15 is 0 Å². The van der Waals surface area contributed by atoms with Gasteiger partial charge >= 0.3 is 0 Å². The van der Waals surface area contributed by atoms with Crippen LogP contribution < -0.4 is 5.32 Å². The quantitative estimate of drug-likeness (QED) is 0.770. The second kappa shape index (κ2) is 6.20. The summed E-state index contributed by atoms with van der Waals surface area (Å²) in [6.07, 6.45) is 9.87. The summed E-state index contributed by atoms with van der Waals surface area (Å²) < 4.78 is 0. The molecule has 0 saturated heterocycles. The first-order valence-electron chi connectivity index (χ1n) is 6.98. The molecule has 0 aliphatic heterocycles. The lowest BCUT2D eigenvalue weighted by Crippen LogP contribution is -2.34. The molecule has 1 aliphatic rings. The van der Waals surface area contributed by atoms with Crippen LogP contribution in [0.3, 0.4) is 0 Å². The van der Waals surface area contributed by atoms with E-state index in [1.165, 1.54) is 43.4 Å². The predicted molar refractivity (Wildman–Crippen MR) is 71.1 cm³/mol. The summed E-state index contributed by atoms with van der Waals surface area (Å²) in [6.45, 7) is 5.61. The third-order valence-corrected chi connectivity index (χ3v) is 3.93. The van der Waals surface area contributed by atoms with Crippen molar-refractivity contribution in [3.8, 4) is 0 Å². The van der Waals surface area contributed by atoms with Gasteiger partial charge in [0, 0.05) is 11.7 Å². The molecule has 0 aromatic carbocycles. The molecule has 17 heavy (non-hydrogen) atoms. The van der Waals surface area contributed by atoms with Crippen molar-refractivity contribution in [2.75, 3.05) is 6.54 Å². The van der Waals surface area contributed by atoms with Gasteiger partial charge in [0.2, 0.25) is 0 Å². The first-order chi connectivity index (χ1) is 8.25. The normalized spacial score (nSPS) is 25.1. The van der Waals surface area contributed by atoms with Crippen LogP contribution in [0.15, 0.2) is 6.20 Å². The molecule has 2 unspecified atom stereocenters. The second-order valence-electron chi connectivity index (χ2n) is 5.55. The molecule has 1 aromatic heterocycles. The molecule has 0 spiro atoms. The standard InChI is InChI=1S/C14H25N3/c1-11-5-3-7-14(9-11)15-8-4-6-13-10-16-17-12(13)2/h10-11,14-15H,3-9H2,1-2H3,(H,16,17). The Morgan fingerprint density at radius 1 is 1.47 bits per heavy atom. The van der Waals surface area contributed by atoms with Gasteiger partial charge in [-0.15, -0.1) is 0 Å². The number of H-pyrrole nitrogens is 1. The summed E-state index contributed by atoms with van der Waals surface area (Å²) in [7, 11) is 0. The molecule has 96 valence electrons. The molecular formula is C14H25N3. The zero-order valence-corrected chi connectivity index (χ0v) is 11.1. The predicted octanol–water partition coefficient (Wildman–Crippen LogP) is 2.82. The lowest BCUT2D eigenvalue weighted by Gasteiger charge is -2.27. The fraction of sp³-hybridized carbons (Fsp3) is 0.786. The number of hydrogen-bond acceptors (Lipinski definition) is 2. The maximum atomic E-state index is 4.05. The summed E-state index contributed by atoms with van der Waals surface area (Å²) in [5.74, 6) is 0.914. The van der Waals surface area contributed by atoms with Gasteiger partial charge in [-0.3, -0.25) is 5.10 Å². The summed E-state index contributed by atoms with van der Waals surface area (Å²) in [5.41, 5.74) is 2.58. The molecule has 1 heterocycles. The van der Waals surface area contributed by atoms with E-state index in [-0.39, 0.29) is 0 Å². The Morgan fingerprint density at radius 2 is 2.35 bits per heavy atom. The molecule has 1 aliphatic carbocycles. The zero-order chi connectivity index (χ0) is 12.1. The van der Waals surface area contributed by atoms with Crippen LogP contribution in [0.1, 0.15) is 50.3 Å². The number of rotatable bonds is 5. The Bertz CT molecular complexity index is 332. The van der Waals surface area contributed by atoms with E-state index in [0.29, 0.717) is 0 Å². The van der Waals surface area contributed by atoms with Gasteiger partial charge in [-0.1, -0.05) is 19.8 Å². The summed E-state index contributed by atoms with van der Waals surface area (Å²) in [5, 5.41) is 10.8. The zero-order valence-electron chi connectivity index (χ0n) is 11.1. The van der Waals surface area contributed by atoms with Gasteiger partial charge in [0.05, 0.1) is 6.20 Å². The number of aromatic nitrogens is 2. The van der Waals surface area contributed by atoms with Gasteiger partial charge in [-0.25, -0.2) is 0 Å². The molecule has 1 aromatic rings. The number of nitrogens with one attached hydrogen (secondary N) is 2. The highest BCUT2D eigenvalue weighted by Crippen LogP contribution is 2.23. The molecular weight excluding hydrogens is 210 g/mol. The molecule has 3 heteroatoms. The minimum Gasteiger partial charge on any atom is -0.314 e. The van der Waals surface area contributed by atoms with Crippen LogP contribution in [0, 0.1) is 12.8 Å². The third-order valence-electron chi connectivity index (χ3n) is 3.93. The molecule has 0 radical (unpaired) electrons. The SMILES string of the molecule is Cc1[nH]ncc1CCCNC1CCCC(C)C1. The Balaban J connectivity index is 1.61. The average Bonchev–Trinajstić information content (AvgIpc) is 2.71. The van der Waals surface area contributed by atoms with Gasteiger partial charge in [0.1, 0.15) is 0 Å². The molecule has 2 N–H and O–H groups in total. The van der Waals surface area contributed by atoms with Gasteiger partial charge in [0.25, 0.3) is 0 Å². The molecule has 2 atom stereocenters. The van der Waals surface area contributed by atoms with E-state index < -0.39 is 0 Å². The first-order valence-corrected chi connectivity index (χ1v) is 6.98. The molecule has 1 fully saturated rings. The van der Waals surface area contributed by atoms with Crippen LogP contribution in [0.4, 0.5) is 0 Å². The topological polar surface area (TPSA) is 40.7 Å². The van der Waals surface area contributed by atoms with Crippen LogP contribution in [-0.2, 0) is 6.42 Å². The Hall–Kier alpha value is -0.830. The van der Waals surface area contributed by atoms with Crippen LogP contribution in [0.25, 0.3) is 0 Å². The van der Waals surface area contributed by atoms with Crippen LogP contribution >= 0.6 is 0 Å². The smallest absolute Gasteiger partial charge is 0.0522 e. The highest BCUT2D eigenvalue weighted by molar-refractivity contribution is 5.14. The molecule has 3 nitrogen and oxygen atoms in total. The van der Waals surface area contributed by atoms with Gasteiger partial charge in [-0.05, 0) is 50.6 Å². The summed E-state index contributed by atoms with van der Waals surface area (Å²) in [4.78, 5) is 0. The van der Waals surface area contributed by atoms with Crippen molar-refractivity contribution in [3.05, 3.63) is 17.5 Å². The first kappa shape index (κ1) is 12.6. The minimum atomic E-state index is 0.768. The van der Waals surface area contributed by atoms with Crippen LogP contribution in [0.5, 0.6) is 0 Å². The van der Waals surface area contributed by atoms with Crippen molar-refractivity contribution in [1.29, 1.82) is 0 Å². The summed E-state index contributed by atoms with van der Waals surface area (Å²) >= 11 is 0. The van der Waals surface area contributed by atoms with Crippen molar-refractivity contribution in [2.24, 2.45) is 5.92 Å². The van der Waals surface area contributed by atoms with E-state index in [1.807, 2.05) is 6.20 Å². The maximum absolute atomic E-state index is 4.05. The minimum absolute atomic E-state index is 0.768. The van der Waals surface area contributed by atoms with Crippen molar-refractivity contribution >= 4 is 0 Å². The average molecular weight is 235 g/mol. The highest BCUT2D eigenvalue weighted by atomic mass is 15.1. The number of hydrogen-bond donors (Lipinski definition) is 2. The largest absolute Gasteiger partial charge is 0.314 e. The fourth-order valence-corrected chi connectivity index (χ4v) is 2.83. The van der Waals surface area contributed by atoms with Crippen molar-refractivity contribution in [3.63, 3.8) is 0 Å². The number of nitrogens with zero attached hydrogens (tertiary/aromatic N) is 1. The monoisotopic (exact) mass is 235 g/mol. The van der Waals surface area contributed by atoms with Gasteiger partial charge < -0.3 is 5.32 Å². The second-order valence-corrected chi connectivity index (χ2v) is 5.55. The molecule has 0 amide bonds. The Labute approximate surface area is 104 Å². The maximum Gasteiger partial charge on any atom is 0.0522 e. The van der Waals surface area contributed by atoms with Crippen LogP contribution in [-0.4, -0.2) is 22.8 Å². The Morgan fingerprint density at radius 3 is 3.06 bits per heavy atom. The Kier molecular flexibility index (Phi) is 4.60. The van der Waals surface area contributed by atoms with Crippen molar-refractivity contribution < 1.29 is 0 Å². The van der Waals surface area contributed by atoms with E-state index in [0.717, 1.165) is 24.9 Å². The lowest BCUT2D eigenvalue weighted by molar-refractivity contribution is 0.301. The van der Waals surface area contributed by atoms with Crippen molar-refractivity contribution in [2.45, 2.75) is 58.4 Å².